The Bertz CT molecular complexity index is 1100. The van der Waals surface area contributed by atoms with Crippen LogP contribution in [0.3, 0.4) is 0 Å². The number of ether oxygens (including phenoxy) is 1. The van der Waals surface area contributed by atoms with E-state index in [0.717, 1.165) is 27.8 Å². The lowest BCUT2D eigenvalue weighted by Gasteiger charge is -2.27. The van der Waals surface area contributed by atoms with Gasteiger partial charge in [0.15, 0.2) is 0 Å². The Hall–Kier alpha value is -3.75. The van der Waals surface area contributed by atoms with Crippen LogP contribution in [0.25, 0.3) is 0 Å². The van der Waals surface area contributed by atoms with Gasteiger partial charge in [-0.05, 0) is 25.5 Å². The predicted molar refractivity (Wildman–Crippen MR) is 110 cm³/mol. The Morgan fingerprint density at radius 3 is 2.74 bits per heavy atom. The Morgan fingerprint density at radius 2 is 1.97 bits per heavy atom. The molecule has 2 aliphatic heterocycles. The Kier molecular flexibility index (Phi) is 5.41. The topological polar surface area (TPSA) is 119 Å². The van der Waals surface area contributed by atoms with Gasteiger partial charge in [0, 0.05) is 37.1 Å². The summed E-state index contributed by atoms with van der Waals surface area (Å²) in [5.41, 5.74) is 1.95. The number of nitro benzene ring substituents is 1. The molecule has 3 amide bonds. The summed E-state index contributed by atoms with van der Waals surface area (Å²) in [7, 11) is 0. The minimum atomic E-state index is -0.610. The van der Waals surface area contributed by atoms with Crippen molar-refractivity contribution < 1.29 is 24.0 Å². The van der Waals surface area contributed by atoms with Crippen LogP contribution < -0.4 is 10.1 Å². The van der Waals surface area contributed by atoms with Crippen molar-refractivity contribution in [3.05, 3.63) is 68.8 Å². The van der Waals surface area contributed by atoms with Crippen molar-refractivity contribution in [2.24, 2.45) is 0 Å². The predicted octanol–water partition coefficient (Wildman–Crippen LogP) is 2.92. The van der Waals surface area contributed by atoms with E-state index in [4.69, 9.17) is 4.74 Å². The lowest BCUT2D eigenvalue weighted by atomic mass is 9.98. The largest absolute Gasteiger partial charge is 0.493 e. The van der Waals surface area contributed by atoms with Gasteiger partial charge in [-0.3, -0.25) is 29.4 Å². The smallest absolute Gasteiger partial charge is 0.270 e. The standard InChI is InChI=1S/C22H21N3O6/c1-13-4-7-19-17(11-13)18(8-10-31-19)23-20(26)3-2-9-24-21(27)15-6-5-14(25(29)30)12-16(15)22(24)28/h4-7,11-12,18H,2-3,8-10H2,1H3,(H,23,26). The van der Waals surface area contributed by atoms with Crippen LogP contribution in [0.15, 0.2) is 36.4 Å². The third-order valence-corrected chi connectivity index (χ3v) is 5.49. The number of nitrogens with zero attached hydrogens (tertiary/aromatic N) is 2. The quantitative estimate of drug-likeness (QED) is 0.433. The van der Waals surface area contributed by atoms with Crippen LogP contribution in [0.1, 0.15) is 57.1 Å². The van der Waals surface area contributed by atoms with Gasteiger partial charge in [0.25, 0.3) is 17.5 Å². The van der Waals surface area contributed by atoms with Crippen LogP contribution in [-0.2, 0) is 4.79 Å². The van der Waals surface area contributed by atoms with Crippen LogP contribution in [0.2, 0.25) is 0 Å². The van der Waals surface area contributed by atoms with Crippen molar-refractivity contribution in [2.75, 3.05) is 13.2 Å². The lowest BCUT2D eigenvalue weighted by molar-refractivity contribution is -0.384. The zero-order valence-electron chi connectivity index (χ0n) is 16.9. The molecule has 2 aromatic rings. The first-order valence-corrected chi connectivity index (χ1v) is 10.0. The fourth-order valence-corrected chi connectivity index (χ4v) is 3.92. The minimum Gasteiger partial charge on any atom is -0.493 e. The van der Waals surface area contributed by atoms with E-state index in [1.54, 1.807) is 0 Å². The van der Waals surface area contributed by atoms with Gasteiger partial charge in [0.1, 0.15) is 5.75 Å². The number of benzene rings is 2. The first-order chi connectivity index (χ1) is 14.8. The minimum absolute atomic E-state index is 0.0258. The first-order valence-electron chi connectivity index (χ1n) is 10.0. The van der Waals surface area contributed by atoms with Crippen molar-refractivity contribution in [2.45, 2.75) is 32.2 Å². The number of carbonyl (C=O) groups excluding carboxylic acids is 3. The van der Waals surface area contributed by atoms with Crippen molar-refractivity contribution in [1.29, 1.82) is 0 Å². The first kappa shape index (κ1) is 20.5. The number of aryl methyl sites for hydroxylation is 1. The molecule has 0 aliphatic carbocycles. The third-order valence-electron chi connectivity index (χ3n) is 5.49. The molecule has 0 radical (unpaired) electrons. The van der Waals surface area contributed by atoms with Gasteiger partial charge < -0.3 is 10.1 Å². The summed E-state index contributed by atoms with van der Waals surface area (Å²) in [5, 5.41) is 13.9. The maximum atomic E-state index is 12.5. The summed E-state index contributed by atoms with van der Waals surface area (Å²) < 4.78 is 5.64. The number of carbonyl (C=O) groups is 3. The van der Waals surface area contributed by atoms with Gasteiger partial charge in [-0.15, -0.1) is 0 Å². The number of nitrogens with one attached hydrogen (secondary N) is 1. The molecule has 1 atom stereocenters. The van der Waals surface area contributed by atoms with E-state index in [1.807, 2.05) is 25.1 Å². The SMILES string of the molecule is Cc1ccc2c(c1)C(NC(=O)CCCN1C(=O)c3ccc([N+](=O)[O-])cc3C1=O)CCO2. The number of imide groups is 1. The number of non-ortho nitro benzene ring substituents is 1. The zero-order chi connectivity index (χ0) is 22.1. The average molecular weight is 423 g/mol. The Labute approximate surface area is 178 Å². The van der Waals surface area contributed by atoms with Gasteiger partial charge in [-0.2, -0.15) is 0 Å². The van der Waals surface area contributed by atoms with E-state index in [2.05, 4.69) is 5.32 Å². The highest BCUT2D eigenvalue weighted by atomic mass is 16.6. The molecule has 0 aromatic heterocycles. The highest BCUT2D eigenvalue weighted by Gasteiger charge is 2.36. The lowest BCUT2D eigenvalue weighted by Crippen LogP contribution is -2.34. The van der Waals surface area contributed by atoms with Crippen LogP contribution >= 0.6 is 0 Å². The van der Waals surface area contributed by atoms with E-state index in [-0.39, 0.29) is 41.7 Å². The molecule has 0 saturated carbocycles. The van der Waals surface area contributed by atoms with E-state index in [1.165, 1.54) is 12.1 Å². The molecular weight excluding hydrogens is 402 g/mol. The monoisotopic (exact) mass is 423 g/mol. The van der Waals surface area contributed by atoms with Crippen molar-refractivity contribution >= 4 is 23.4 Å². The molecular formula is C22H21N3O6. The van der Waals surface area contributed by atoms with Crippen molar-refractivity contribution in [3.63, 3.8) is 0 Å². The van der Waals surface area contributed by atoms with E-state index in [0.29, 0.717) is 19.4 Å². The second kappa shape index (κ2) is 8.17. The van der Waals surface area contributed by atoms with Crippen molar-refractivity contribution in [1.82, 2.24) is 10.2 Å². The fraction of sp³-hybridized carbons (Fsp3) is 0.318. The van der Waals surface area contributed by atoms with Crippen molar-refractivity contribution in [3.8, 4) is 5.75 Å². The molecule has 9 nitrogen and oxygen atoms in total. The summed E-state index contributed by atoms with van der Waals surface area (Å²) in [6.45, 7) is 2.56. The molecule has 2 heterocycles. The van der Waals surface area contributed by atoms with Gasteiger partial charge >= 0.3 is 0 Å². The molecule has 4 rings (SSSR count). The summed E-state index contributed by atoms with van der Waals surface area (Å²) in [6.07, 6.45) is 1.11. The van der Waals surface area contributed by atoms with Crippen LogP contribution in [0.5, 0.6) is 5.75 Å². The molecule has 0 bridgehead atoms. The maximum absolute atomic E-state index is 12.5. The molecule has 2 aliphatic rings. The molecule has 9 heteroatoms. The van der Waals surface area contributed by atoms with Crippen LogP contribution in [-0.4, -0.2) is 40.7 Å². The Balaban J connectivity index is 1.34. The summed E-state index contributed by atoms with van der Waals surface area (Å²) in [5.74, 6) is -0.476. The number of hydrogen-bond acceptors (Lipinski definition) is 6. The molecule has 2 aromatic carbocycles. The number of amides is 3. The number of hydrogen-bond donors (Lipinski definition) is 1. The van der Waals surface area contributed by atoms with Gasteiger partial charge in [0.05, 0.1) is 28.7 Å². The number of fused-ring (bicyclic) bond motifs is 2. The fourth-order valence-electron chi connectivity index (χ4n) is 3.92. The highest BCUT2D eigenvalue weighted by Crippen LogP contribution is 2.33. The van der Waals surface area contributed by atoms with Crippen LogP contribution in [0, 0.1) is 17.0 Å². The van der Waals surface area contributed by atoms with Gasteiger partial charge in [-0.25, -0.2) is 0 Å². The molecule has 0 fully saturated rings. The second-order valence-corrected chi connectivity index (χ2v) is 7.65. The number of nitro groups is 1. The molecule has 31 heavy (non-hydrogen) atoms. The Morgan fingerprint density at radius 1 is 1.19 bits per heavy atom. The summed E-state index contributed by atoms with van der Waals surface area (Å²) >= 11 is 0. The highest BCUT2D eigenvalue weighted by molar-refractivity contribution is 6.21. The molecule has 0 spiro atoms. The molecule has 1 unspecified atom stereocenters. The normalized spacial score (nSPS) is 17.1. The molecule has 160 valence electrons. The third kappa shape index (κ3) is 3.98. The molecule has 1 N–H and O–H groups in total. The van der Waals surface area contributed by atoms with E-state index < -0.39 is 16.7 Å². The zero-order valence-corrected chi connectivity index (χ0v) is 16.9. The molecule has 0 saturated heterocycles. The van der Waals surface area contributed by atoms with E-state index in [9.17, 15) is 24.5 Å². The maximum Gasteiger partial charge on any atom is 0.270 e. The van der Waals surface area contributed by atoms with Gasteiger partial charge in [0.2, 0.25) is 5.91 Å². The number of rotatable bonds is 6. The summed E-state index contributed by atoms with van der Waals surface area (Å²) in [4.78, 5) is 48.8. The van der Waals surface area contributed by atoms with E-state index >= 15 is 0 Å². The summed E-state index contributed by atoms with van der Waals surface area (Å²) in [6, 6.07) is 9.33. The van der Waals surface area contributed by atoms with Gasteiger partial charge in [-0.1, -0.05) is 17.7 Å². The van der Waals surface area contributed by atoms with Crippen LogP contribution in [0.4, 0.5) is 5.69 Å². The second-order valence-electron chi connectivity index (χ2n) is 7.65. The average Bonchev–Trinajstić information content (AvgIpc) is 2.98.